The van der Waals surface area contributed by atoms with Crippen LogP contribution >= 0.6 is 23.2 Å². The molecule has 168 valence electrons. The number of carbonyl (C=O) groups excluding carboxylic acids is 3. The Hall–Kier alpha value is -2.85. The molecule has 0 saturated carbocycles. The second-order valence-electron chi connectivity index (χ2n) is 5.45. The molecule has 0 aromatic carbocycles. The quantitative estimate of drug-likeness (QED) is 0.320. The van der Waals surface area contributed by atoms with Gasteiger partial charge in [-0.3, -0.25) is 24.4 Å². The van der Waals surface area contributed by atoms with Crippen LogP contribution in [0.2, 0.25) is 10.3 Å². The zero-order chi connectivity index (χ0) is 23.2. The Kier molecular flexibility index (Phi) is 12.0. The predicted molar refractivity (Wildman–Crippen MR) is 110 cm³/mol. The highest BCUT2D eigenvalue weighted by atomic mass is 35.5. The highest BCUT2D eigenvalue weighted by Crippen LogP contribution is 2.23. The molecule has 0 unspecified atom stereocenters. The number of hydrogen-bond acceptors (Lipinski definition) is 10. The smallest absolute Gasteiger partial charge is 0.326 e. The Balaban J connectivity index is 0.000000327. The van der Waals surface area contributed by atoms with Crippen molar-refractivity contribution in [2.24, 2.45) is 0 Å². The van der Waals surface area contributed by atoms with E-state index < -0.39 is 17.9 Å². The monoisotopic (exact) mass is 472 g/mol. The van der Waals surface area contributed by atoms with Crippen LogP contribution in [0.3, 0.4) is 0 Å². The summed E-state index contributed by atoms with van der Waals surface area (Å²) < 4.78 is 14.4. The lowest BCUT2D eigenvalue weighted by atomic mass is 10.1. The number of aromatic nitrogens is 4. The molecule has 31 heavy (non-hydrogen) atoms. The summed E-state index contributed by atoms with van der Waals surface area (Å²) in [6, 6.07) is 0. The molecule has 12 heteroatoms. The molecule has 0 aliphatic rings. The van der Waals surface area contributed by atoms with Gasteiger partial charge in [-0.1, -0.05) is 23.2 Å². The summed E-state index contributed by atoms with van der Waals surface area (Å²) in [6.07, 6.45) is 5.73. The molecule has 0 N–H and O–H groups in total. The lowest BCUT2D eigenvalue weighted by Crippen LogP contribution is -2.27. The predicted octanol–water partition coefficient (Wildman–Crippen LogP) is 2.58. The van der Waals surface area contributed by atoms with Crippen LogP contribution in [0.1, 0.15) is 38.1 Å². The van der Waals surface area contributed by atoms with Crippen molar-refractivity contribution in [3.63, 3.8) is 0 Å². The number of nitrogens with zero attached hydrogens (tertiary/aromatic N) is 4. The molecule has 2 aromatic rings. The second-order valence-corrected chi connectivity index (χ2v) is 6.16. The molecule has 0 aliphatic heterocycles. The number of ether oxygens (including phenoxy) is 3. The first kappa shape index (κ1) is 26.2. The molecule has 0 aliphatic carbocycles. The van der Waals surface area contributed by atoms with Gasteiger partial charge in [-0.05, 0) is 20.8 Å². The lowest BCUT2D eigenvalue weighted by molar-refractivity contribution is -0.157. The maximum Gasteiger partial charge on any atom is 0.326 e. The van der Waals surface area contributed by atoms with Gasteiger partial charge < -0.3 is 14.2 Å². The highest BCUT2D eigenvalue weighted by Gasteiger charge is 2.34. The average Bonchev–Trinajstić information content (AvgIpc) is 2.72. The molecule has 2 heterocycles. The van der Waals surface area contributed by atoms with Crippen LogP contribution in [-0.4, -0.2) is 57.7 Å². The Bertz CT molecular complexity index is 866. The van der Waals surface area contributed by atoms with Crippen molar-refractivity contribution in [1.82, 2.24) is 19.9 Å². The minimum atomic E-state index is -1.30. The fraction of sp³-hybridized carbons (Fsp3) is 0.421. The molecule has 2 aromatic heterocycles. The minimum Gasteiger partial charge on any atom is -0.466 e. The van der Waals surface area contributed by atoms with E-state index in [1.807, 2.05) is 0 Å². The third kappa shape index (κ3) is 8.81. The molecule has 0 saturated heterocycles. The van der Waals surface area contributed by atoms with E-state index in [2.05, 4.69) is 19.9 Å². The van der Waals surface area contributed by atoms with Gasteiger partial charge in [0.1, 0.15) is 5.69 Å². The van der Waals surface area contributed by atoms with E-state index >= 15 is 0 Å². The Morgan fingerprint density at radius 3 is 1.74 bits per heavy atom. The van der Waals surface area contributed by atoms with E-state index in [4.69, 9.17) is 37.4 Å². The highest BCUT2D eigenvalue weighted by molar-refractivity contribution is 6.30. The van der Waals surface area contributed by atoms with Gasteiger partial charge in [0.15, 0.2) is 16.2 Å². The second kappa shape index (κ2) is 14.2. The topological polar surface area (TPSA) is 130 Å². The van der Waals surface area contributed by atoms with E-state index in [0.717, 1.165) is 0 Å². The third-order valence-corrected chi connectivity index (χ3v) is 3.94. The van der Waals surface area contributed by atoms with E-state index in [-0.39, 0.29) is 41.6 Å². The molecule has 0 fully saturated rings. The van der Waals surface area contributed by atoms with Crippen molar-refractivity contribution in [3.8, 4) is 0 Å². The molecular formula is C19H22Cl2N4O6. The van der Waals surface area contributed by atoms with Crippen LogP contribution in [-0.2, 0) is 35.0 Å². The van der Waals surface area contributed by atoms with Gasteiger partial charge >= 0.3 is 17.9 Å². The largest absolute Gasteiger partial charge is 0.466 e. The lowest BCUT2D eigenvalue weighted by Gasteiger charge is -2.14. The van der Waals surface area contributed by atoms with Gasteiger partial charge in [0.2, 0.25) is 0 Å². The summed E-state index contributed by atoms with van der Waals surface area (Å²) in [5, 5.41) is 0.221. The van der Waals surface area contributed by atoms with E-state index in [1.54, 1.807) is 20.8 Å². The first-order valence-corrected chi connectivity index (χ1v) is 10.0. The standard InChI is InChI=1S/C11H13ClN2O4.C8H9ClN2O2/c1-3-17-10(15)7(11(16)18-4-2)8-9(12)14-6-5-13-8;1-2-13-7(12)5-6-8(9)11-4-3-10-6/h5-7H,3-4H2,1-2H3;3-4H,2,5H2,1H3. The Morgan fingerprint density at radius 1 is 0.774 bits per heavy atom. The molecule has 0 bridgehead atoms. The zero-order valence-electron chi connectivity index (χ0n) is 17.2. The van der Waals surface area contributed by atoms with Crippen molar-refractivity contribution in [1.29, 1.82) is 0 Å². The van der Waals surface area contributed by atoms with Crippen molar-refractivity contribution < 1.29 is 28.6 Å². The number of esters is 3. The summed E-state index contributed by atoms with van der Waals surface area (Å²) >= 11 is 11.5. The van der Waals surface area contributed by atoms with Gasteiger partial charge in [0, 0.05) is 24.8 Å². The van der Waals surface area contributed by atoms with E-state index in [1.165, 1.54) is 24.8 Å². The van der Waals surface area contributed by atoms with Crippen LogP contribution in [0.15, 0.2) is 24.8 Å². The van der Waals surface area contributed by atoms with Gasteiger partial charge in [0.25, 0.3) is 0 Å². The van der Waals surface area contributed by atoms with Gasteiger partial charge in [-0.2, -0.15) is 0 Å². The van der Waals surface area contributed by atoms with Gasteiger partial charge in [-0.25, -0.2) is 9.97 Å². The first-order valence-electron chi connectivity index (χ1n) is 9.26. The van der Waals surface area contributed by atoms with Crippen LogP contribution in [0.25, 0.3) is 0 Å². The number of rotatable bonds is 8. The maximum atomic E-state index is 11.8. The number of halogens is 2. The Morgan fingerprint density at radius 2 is 1.26 bits per heavy atom. The van der Waals surface area contributed by atoms with Crippen molar-refractivity contribution in [3.05, 3.63) is 46.5 Å². The summed E-state index contributed by atoms with van der Waals surface area (Å²) in [4.78, 5) is 49.9. The third-order valence-electron chi connectivity index (χ3n) is 3.34. The average molecular weight is 473 g/mol. The van der Waals surface area contributed by atoms with Crippen LogP contribution in [0, 0.1) is 0 Å². The molecule has 0 amide bonds. The molecular weight excluding hydrogens is 451 g/mol. The van der Waals surface area contributed by atoms with Crippen LogP contribution < -0.4 is 0 Å². The molecule has 0 radical (unpaired) electrons. The summed E-state index contributed by atoms with van der Waals surface area (Å²) in [6.45, 7) is 5.67. The zero-order valence-corrected chi connectivity index (χ0v) is 18.7. The normalized spacial score (nSPS) is 10.0. The van der Waals surface area contributed by atoms with E-state index in [0.29, 0.717) is 12.3 Å². The molecule has 0 spiro atoms. The maximum absolute atomic E-state index is 11.8. The van der Waals surface area contributed by atoms with Crippen molar-refractivity contribution in [2.45, 2.75) is 33.1 Å². The SMILES string of the molecule is CCOC(=O)C(C(=O)OCC)c1nccnc1Cl.CCOC(=O)Cc1nccnc1Cl. The van der Waals surface area contributed by atoms with Crippen molar-refractivity contribution >= 4 is 41.1 Å². The number of hydrogen-bond donors (Lipinski definition) is 0. The molecule has 10 nitrogen and oxygen atoms in total. The minimum absolute atomic E-state index is 0.0244. The summed E-state index contributed by atoms with van der Waals surface area (Å²) in [7, 11) is 0. The van der Waals surface area contributed by atoms with E-state index in [9.17, 15) is 14.4 Å². The first-order chi connectivity index (χ1) is 14.8. The fourth-order valence-electron chi connectivity index (χ4n) is 2.11. The molecule has 2 rings (SSSR count). The molecule has 0 atom stereocenters. The van der Waals surface area contributed by atoms with Gasteiger partial charge in [-0.15, -0.1) is 0 Å². The Labute approximate surface area is 189 Å². The fourth-order valence-corrected chi connectivity index (χ4v) is 2.50. The van der Waals surface area contributed by atoms with Gasteiger partial charge in [0.05, 0.1) is 31.9 Å². The van der Waals surface area contributed by atoms with Crippen LogP contribution in [0.5, 0.6) is 0 Å². The van der Waals surface area contributed by atoms with Crippen molar-refractivity contribution in [2.75, 3.05) is 19.8 Å². The number of carbonyl (C=O) groups is 3. The summed E-state index contributed by atoms with van der Waals surface area (Å²) in [5.74, 6) is -3.15. The van der Waals surface area contributed by atoms with Crippen LogP contribution in [0.4, 0.5) is 0 Å². The summed E-state index contributed by atoms with van der Waals surface area (Å²) in [5.41, 5.74) is 0.485.